The summed E-state index contributed by atoms with van der Waals surface area (Å²) in [6.07, 6.45) is 0. The van der Waals surface area contributed by atoms with E-state index < -0.39 is 0 Å². The molecular formula is C15H15IO3. The van der Waals surface area contributed by atoms with Gasteiger partial charge in [0.25, 0.3) is 0 Å². The van der Waals surface area contributed by atoms with E-state index in [0.29, 0.717) is 13.2 Å². The van der Waals surface area contributed by atoms with Crippen molar-refractivity contribution >= 4 is 22.6 Å². The third-order valence-electron chi connectivity index (χ3n) is 2.48. The Morgan fingerprint density at radius 1 is 0.842 bits per heavy atom. The van der Waals surface area contributed by atoms with Gasteiger partial charge in [0.2, 0.25) is 0 Å². The predicted octanol–water partition coefficient (Wildman–Crippen LogP) is 3.76. The van der Waals surface area contributed by atoms with Crippen LogP contribution in [0.4, 0.5) is 0 Å². The van der Waals surface area contributed by atoms with Gasteiger partial charge in [0.05, 0.1) is 7.11 Å². The largest absolute Gasteiger partial charge is 0.497 e. The van der Waals surface area contributed by atoms with Crippen molar-refractivity contribution in [3.05, 3.63) is 52.1 Å². The molecule has 0 aromatic heterocycles. The molecule has 0 fully saturated rings. The second-order valence-corrected chi connectivity index (χ2v) is 5.08. The lowest BCUT2D eigenvalue weighted by atomic mass is 10.3. The van der Waals surface area contributed by atoms with Crippen molar-refractivity contribution in [2.24, 2.45) is 0 Å². The highest BCUT2D eigenvalue weighted by Crippen LogP contribution is 2.17. The van der Waals surface area contributed by atoms with E-state index in [0.717, 1.165) is 20.8 Å². The summed E-state index contributed by atoms with van der Waals surface area (Å²) >= 11 is 2.26. The number of benzene rings is 2. The van der Waals surface area contributed by atoms with Crippen LogP contribution in [0.15, 0.2) is 48.5 Å². The number of hydrogen-bond acceptors (Lipinski definition) is 3. The first kappa shape index (κ1) is 14.0. The van der Waals surface area contributed by atoms with Crippen molar-refractivity contribution in [1.82, 2.24) is 0 Å². The highest BCUT2D eigenvalue weighted by molar-refractivity contribution is 14.1. The first-order chi connectivity index (χ1) is 9.28. The highest BCUT2D eigenvalue weighted by atomic mass is 127. The second-order valence-electron chi connectivity index (χ2n) is 3.83. The molecule has 0 aliphatic heterocycles. The number of halogens is 1. The van der Waals surface area contributed by atoms with Gasteiger partial charge in [-0.05, 0) is 65.1 Å². The number of hydrogen-bond donors (Lipinski definition) is 0. The topological polar surface area (TPSA) is 27.7 Å². The van der Waals surface area contributed by atoms with Crippen LogP contribution in [0.5, 0.6) is 17.2 Å². The van der Waals surface area contributed by atoms with Crippen LogP contribution in [-0.4, -0.2) is 20.3 Å². The van der Waals surface area contributed by atoms with E-state index in [1.807, 2.05) is 48.5 Å². The number of methoxy groups -OCH3 is 1. The van der Waals surface area contributed by atoms with Crippen LogP contribution in [-0.2, 0) is 0 Å². The van der Waals surface area contributed by atoms with Gasteiger partial charge in [0, 0.05) is 3.57 Å². The highest BCUT2D eigenvalue weighted by Gasteiger charge is 1.97. The summed E-state index contributed by atoms with van der Waals surface area (Å²) in [4.78, 5) is 0. The van der Waals surface area contributed by atoms with Gasteiger partial charge in [-0.1, -0.05) is 6.07 Å². The summed E-state index contributed by atoms with van der Waals surface area (Å²) in [6, 6.07) is 15.4. The first-order valence-corrected chi connectivity index (χ1v) is 7.01. The van der Waals surface area contributed by atoms with Crippen molar-refractivity contribution in [1.29, 1.82) is 0 Å². The Labute approximate surface area is 126 Å². The smallest absolute Gasteiger partial charge is 0.122 e. The second kappa shape index (κ2) is 7.23. The summed E-state index contributed by atoms with van der Waals surface area (Å²) < 4.78 is 17.4. The van der Waals surface area contributed by atoms with E-state index in [-0.39, 0.29) is 0 Å². The summed E-state index contributed by atoms with van der Waals surface area (Å²) in [5.74, 6) is 2.50. The molecule has 0 saturated carbocycles. The van der Waals surface area contributed by atoms with E-state index >= 15 is 0 Å². The van der Waals surface area contributed by atoms with Crippen LogP contribution in [0.25, 0.3) is 0 Å². The van der Waals surface area contributed by atoms with E-state index in [9.17, 15) is 0 Å². The minimum atomic E-state index is 0.512. The fourth-order valence-electron chi connectivity index (χ4n) is 1.55. The molecule has 3 nitrogen and oxygen atoms in total. The maximum Gasteiger partial charge on any atom is 0.122 e. The maximum absolute atomic E-state index is 5.60. The van der Waals surface area contributed by atoms with E-state index in [4.69, 9.17) is 14.2 Å². The fraction of sp³-hybridized carbons (Fsp3) is 0.200. The van der Waals surface area contributed by atoms with Gasteiger partial charge in [-0.3, -0.25) is 0 Å². The molecule has 0 bridgehead atoms. The van der Waals surface area contributed by atoms with Gasteiger partial charge in [-0.25, -0.2) is 0 Å². The molecule has 19 heavy (non-hydrogen) atoms. The van der Waals surface area contributed by atoms with Crippen LogP contribution in [0.1, 0.15) is 0 Å². The van der Waals surface area contributed by atoms with Crippen molar-refractivity contribution in [3.8, 4) is 17.2 Å². The lowest BCUT2D eigenvalue weighted by Crippen LogP contribution is -2.08. The Hall–Kier alpha value is -1.43. The molecule has 2 aromatic carbocycles. The van der Waals surface area contributed by atoms with Crippen LogP contribution in [0.2, 0.25) is 0 Å². The molecule has 0 amide bonds. The Morgan fingerprint density at radius 2 is 1.47 bits per heavy atom. The molecule has 0 atom stereocenters. The molecule has 0 heterocycles. The first-order valence-electron chi connectivity index (χ1n) is 5.93. The third-order valence-corrected chi connectivity index (χ3v) is 3.15. The van der Waals surface area contributed by atoms with Gasteiger partial charge < -0.3 is 14.2 Å². The van der Waals surface area contributed by atoms with Crippen molar-refractivity contribution in [3.63, 3.8) is 0 Å². The van der Waals surface area contributed by atoms with E-state index in [2.05, 4.69) is 22.6 Å². The molecular weight excluding hydrogens is 355 g/mol. The molecule has 0 saturated heterocycles. The molecule has 2 aromatic rings. The summed E-state index contributed by atoms with van der Waals surface area (Å²) in [6.45, 7) is 1.03. The predicted molar refractivity (Wildman–Crippen MR) is 83.1 cm³/mol. The van der Waals surface area contributed by atoms with Crippen LogP contribution >= 0.6 is 22.6 Å². The maximum atomic E-state index is 5.60. The number of rotatable bonds is 6. The standard InChI is InChI=1S/C15H15IO3/c1-17-13-5-7-14(8-6-13)18-9-10-19-15-4-2-3-12(16)11-15/h2-8,11H,9-10H2,1H3. The van der Waals surface area contributed by atoms with Crippen molar-refractivity contribution in [2.45, 2.75) is 0 Å². The van der Waals surface area contributed by atoms with Gasteiger partial charge in [0.15, 0.2) is 0 Å². The SMILES string of the molecule is COc1ccc(OCCOc2cccc(I)c2)cc1. The molecule has 0 aliphatic carbocycles. The third kappa shape index (κ3) is 4.63. The minimum absolute atomic E-state index is 0.512. The summed E-state index contributed by atoms with van der Waals surface area (Å²) in [5.41, 5.74) is 0. The zero-order valence-corrected chi connectivity index (χ0v) is 12.8. The number of ether oxygens (including phenoxy) is 3. The lowest BCUT2D eigenvalue weighted by Gasteiger charge is -2.09. The molecule has 0 N–H and O–H groups in total. The molecule has 100 valence electrons. The van der Waals surface area contributed by atoms with E-state index in [1.54, 1.807) is 7.11 Å². The Kier molecular flexibility index (Phi) is 5.32. The summed E-state index contributed by atoms with van der Waals surface area (Å²) in [7, 11) is 1.64. The van der Waals surface area contributed by atoms with Gasteiger partial charge >= 0.3 is 0 Å². The van der Waals surface area contributed by atoms with Gasteiger partial charge in [-0.15, -0.1) is 0 Å². The minimum Gasteiger partial charge on any atom is -0.497 e. The average Bonchev–Trinajstić information content (AvgIpc) is 2.44. The Balaban J connectivity index is 1.74. The normalized spacial score (nSPS) is 10.0. The van der Waals surface area contributed by atoms with Crippen LogP contribution in [0, 0.1) is 3.57 Å². The zero-order chi connectivity index (χ0) is 13.5. The van der Waals surface area contributed by atoms with Crippen molar-refractivity contribution in [2.75, 3.05) is 20.3 Å². The lowest BCUT2D eigenvalue weighted by molar-refractivity contribution is 0.217. The molecule has 4 heteroatoms. The van der Waals surface area contributed by atoms with E-state index in [1.165, 1.54) is 0 Å². The monoisotopic (exact) mass is 370 g/mol. The fourth-order valence-corrected chi connectivity index (χ4v) is 2.06. The average molecular weight is 370 g/mol. The molecule has 0 radical (unpaired) electrons. The molecule has 2 rings (SSSR count). The summed E-state index contributed by atoms with van der Waals surface area (Å²) in [5, 5.41) is 0. The van der Waals surface area contributed by atoms with Crippen LogP contribution < -0.4 is 14.2 Å². The van der Waals surface area contributed by atoms with Gasteiger partial charge in [-0.2, -0.15) is 0 Å². The van der Waals surface area contributed by atoms with Crippen LogP contribution in [0.3, 0.4) is 0 Å². The quantitative estimate of drug-likeness (QED) is 0.573. The Bertz CT molecular complexity index is 511. The van der Waals surface area contributed by atoms with Gasteiger partial charge in [0.1, 0.15) is 30.5 Å². The molecule has 0 aliphatic rings. The Morgan fingerprint density at radius 3 is 2.11 bits per heavy atom. The zero-order valence-electron chi connectivity index (χ0n) is 10.6. The molecule has 0 spiro atoms. The van der Waals surface area contributed by atoms with Crippen molar-refractivity contribution < 1.29 is 14.2 Å². The molecule has 0 unspecified atom stereocenters.